The van der Waals surface area contributed by atoms with Crippen LogP contribution in [0, 0.1) is 11.7 Å². The van der Waals surface area contributed by atoms with Gasteiger partial charge in [0.05, 0.1) is 5.69 Å². The summed E-state index contributed by atoms with van der Waals surface area (Å²) in [6.07, 6.45) is 0.881. The highest BCUT2D eigenvalue weighted by Gasteiger charge is 2.60. The molecule has 0 aliphatic carbocycles. The Balaban J connectivity index is 1.48. The van der Waals surface area contributed by atoms with Crippen molar-refractivity contribution in [2.24, 2.45) is 5.92 Å². The Kier molecular flexibility index (Phi) is 6.03. The van der Waals surface area contributed by atoms with E-state index >= 15 is 0 Å². The Morgan fingerprint density at radius 1 is 1.19 bits per heavy atom. The molecule has 2 aliphatic rings. The predicted molar refractivity (Wildman–Crippen MR) is 135 cm³/mol. The first-order valence-corrected chi connectivity index (χ1v) is 12.5. The van der Waals surface area contributed by atoms with E-state index in [2.05, 4.69) is 10.3 Å². The molecular weight excluding hydrogens is 483 g/mol. The maximum atomic E-state index is 14.3. The number of hydrogen-bond acceptors (Lipinski definition) is 3. The van der Waals surface area contributed by atoms with Gasteiger partial charge in [0.2, 0.25) is 5.91 Å². The van der Waals surface area contributed by atoms with Crippen LogP contribution in [-0.4, -0.2) is 45.2 Å². The number of amides is 4. The van der Waals surface area contributed by atoms with E-state index < -0.39 is 35.2 Å². The Bertz CT molecular complexity index is 1370. The quantitative estimate of drug-likeness (QED) is 0.470. The van der Waals surface area contributed by atoms with E-state index in [9.17, 15) is 18.8 Å². The van der Waals surface area contributed by atoms with E-state index in [0.717, 1.165) is 21.4 Å². The first kappa shape index (κ1) is 24.3. The molecule has 1 saturated heterocycles. The highest BCUT2D eigenvalue weighted by Crippen LogP contribution is 2.45. The van der Waals surface area contributed by atoms with Crippen molar-refractivity contribution in [2.45, 2.75) is 51.7 Å². The number of imide groups is 1. The Morgan fingerprint density at radius 2 is 1.94 bits per heavy atom. The Labute approximate surface area is 213 Å². The van der Waals surface area contributed by atoms with E-state index in [1.54, 1.807) is 17.9 Å². The highest BCUT2D eigenvalue weighted by atomic mass is 35.5. The number of nitrogens with one attached hydrogen (secondary N) is 2. The van der Waals surface area contributed by atoms with Gasteiger partial charge >= 0.3 is 6.03 Å². The van der Waals surface area contributed by atoms with Gasteiger partial charge in [0.25, 0.3) is 5.91 Å². The molecule has 188 valence electrons. The molecule has 7 nitrogen and oxygen atoms in total. The zero-order valence-corrected chi connectivity index (χ0v) is 21.2. The number of para-hydroxylation sites is 1. The van der Waals surface area contributed by atoms with Gasteiger partial charge in [-0.1, -0.05) is 49.7 Å². The third-order valence-corrected chi connectivity index (χ3v) is 7.66. The van der Waals surface area contributed by atoms with Crippen LogP contribution in [0.15, 0.2) is 42.5 Å². The maximum Gasteiger partial charge on any atom is 0.328 e. The van der Waals surface area contributed by atoms with Crippen molar-refractivity contribution in [3.8, 4) is 0 Å². The summed E-state index contributed by atoms with van der Waals surface area (Å²) in [5, 5.41) is 3.93. The number of aromatic nitrogens is 1. The van der Waals surface area contributed by atoms with Gasteiger partial charge in [0, 0.05) is 34.6 Å². The number of H-pyrrole nitrogens is 1. The van der Waals surface area contributed by atoms with Gasteiger partial charge in [0.15, 0.2) is 5.54 Å². The number of halogens is 2. The van der Waals surface area contributed by atoms with Crippen LogP contribution in [0.4, 0.5) is 9.18 Å². The number of urea groups is 1. The van der Waals surface area contributed by atoms with Crippen LogP contribution >= 0.6 is 11.6 Å². The molecule has 0 radical (unpaired) electrons. The summed E-state index contributed by atoms with van der Waals surface area (Å²) < 4.78 is 14.3. The fraction of sp³-hybridized carbons (Fsp3) is 0.370. The molecule has 0 spiro atoms. The second-order valence-corrected chi connectivity index (χ2v) is 10.4. The monoisotopic (exact) mass is 510 g/mol. The molecule has 0 bridgehead atoms. The maximum absolute atomic E-state index is 14.3. The molecule has 0 unspecified atom stereocenters. The summed E-state index contributed by atoms with van der Waals surface area (Å²) in [4.78, 5) is 47.1. The van der Waals surface area contributed by atoms with Crippen LogP contribution in [0.5, 0.6) is 0 Å². The summed E-state index contributed by atoms with van der Waals surface area (Å²) in [5.41, 5.74) is 1.53. The average Bonchev–Trinajstić information content (AvgIpc) is 3.31. The molecule has 2 N–H and O–H groups in total. The standard InChI is InChI=1S/C27H28ClFN4O3/c1-15(2)13-22(24(34)30-14-18-19(28)8-6-9-20(18)29)33-25(35)27(3)23-17(11-12-32(27)26(33)36)16-7-4-5-10-21(16)31-23/h4-10,15,22,31H,11-14H2,1-3H3,(H,30,34)/t22-,27+/m1/s1. The number of rotatable bonds is 6. The summed E-state index contributed by atoms with van der Waals surface area (Å²) in [6, 6.07) is 10.6. The molecule has 5 rings (SSSR count). The topological polar surface area (TPSA) is 85.5 Å². The Morgan fingerprint density at radius 3 is 2.67 bits per heavy atom. The molecule has 1 fully saturated rings. The third kappa shape index (κ3) is 3.66. The first-order valence-electron chi connectivity index (χ1n) is 12.1. The van der Waals surface area contributed by atoms with Crippen molar-refractivity contribution in [3.05, 3.63) is 70.1 Å². The van der Waals surface area contributed by atoms with E-state index in [0.29, 0.717) is 18.7 Å². The fourth-order valence-corrected chi connectivity index (χ4v) is 5.69. The molecule has 2 atom stereocenters. The molecule has 2 aliphatic heterocycles. The molecule has 1 aromatic heterocycles. The predicted octanol–water partition coefficient (Wildman–Crippen LogP) is 4.73. The molecule has 4 amide bonds. The summed E-state index contributed by atoms with van der Waals surface area (Å²) in [5.74, 6) is -1.48. The largest absolute Gasteiger partial charge is 0.356 e. The average molecular weight is 511 g/mol. The van der Waals surface area contributed by atoms with E-state index in [1.165, 1.54) is 12.1 Å². The molecular formula is C27H28ClFN4O3. The second-order valence-electron chi connectivity index (χ2n) is 10.0. The van der Waals surface area contributed by atoms with Gasteiger partial charge in [-0.2, -0.15) is 0 Å². The van der Waals surface area contributed by atoms with Crippen molar-refractivity contribution < 1.29 is 18.8 Å². The summed E-state index contributed by atoms with van der Waals surface area (Å²) in [7, 11) is 0. The molecule has 3 aromatic rings. The number of carbonyl (C=O) groups is 3. The van der Waals surface area contributed by atoms with Crippen molar-refractivity contribution in [3.63, 3.8) is 0 Å². The SMILES string of the molecule is CC(C)C[C@H](C(=O)NCc1c(F)cccc1Cl)N1C(=O)N2CCc3c([nH]c4ccccc34)[C@@]2(C)C1=O. The zero-order chi connectivity index (χ0) is 25.8. The smallest absolute Gasteiger partial charge is 0.328 e. The molecule has 3 heterocycles. The number of nitrogens with zero attached hydrogens (tertiary/aromatic N) is 2. The number of carbonyl (C=O) groups excluding carboxylic acids is 3. The summed E-state index contributed by atoms with van der Waals surface area (Å²) >= 11 is 6.11. The fourth-order valence-electron chi connectivity index (χ4n) is 5.46. The minimum atomic E-state index is -1.24. The van der Waals surface area contributed by atoms with Crippen LogP contribution < -0.4 is 5.32 Å². The number of fused-ring (bicyclic) bond motifs is 5. The van der Waals surface area contributed by atoms with Crippen LogP contribution in [0.2, 0.25) is 5.02 Å². The number of hydrogen-bond donors (Lipinski definition) is 2. The zero-order valence-electron chi connectivity index (χ0n) is 20.4. The molecule has 36 heavy (non-hydrogen) atoms. The van der Waals surface area contributed by atoms with E-state index in [1.807, 2.05) is 38.1 Å². The highest BCUT2D eigenvalue weighted by molar-refractivity contribution is 6.31. The van der Waals surface area contributed by atoms with E-state index in [4.69, 9.17) is 11.6 Å². The lowest BCUT2D eigenvalue weighted by Gasteiger charge is -2.36. The van der Waals surface area contributed by atoms with Crippen LogP contribution in [-0.2, 0) is 28.1 Å². The van der Waals surface area contributed by atoms with Crippen molar-refractivity contribution >= 4 is 40.3 Å². The van der Waals surface area contributed by atoms with Crippen molar-refractivity contribution in [1.29, 1.82) is 0 Å². The van der Waals surface area contributed by atoms with E-state index in [-0.39, 0.29) is 29.5 Å². The van der Waals surface area contributed by atoms with Crippen molar-refractivity contribution in [2.75, 3.05) is 6.54 Å². The second kappa shape index (κ2) is 8.92. The molecule has 2 aromatic carbocycles. The molecule has 0 saturated carbocycles. The number of aromatic amines is 1. The van der Waals surface area contributed by atoms with Crippen LogP contribution in [0.1, 0.15) is 44.0 Å². The van der Waals surface area contributed by atoms with Crippen LogP contribution in [0.25, 0.3) is 10.9 Å². The van der Waals surface area contributed by atoms with Gasteiger partial charge in [-0.15, -0.1) is 0 Å². The van der Waals surface area contributed by atoms with Gasteiger partial charge < -0.3 is 15.2 Å². The minimum Gasteiger partial charge on any atom is -0.356 e. The lowest BCUT2D eigenvalue weighted by atomic mass is 9.87. The van der Waals surface area contributed by atoms with Gasteiger partial charge in [-0.3, -0.25) is 9.59 Å². The first-order chi connectivity index (χ1) is 17.1. The van der Waals surface area contributed by atoms with Crippen molar-refractivity contribution in [1.82, 2.24) is 20.1 Å². The molecule has 9 heteroatoms. The Hall–Kier alpha value is -3.39. The summed E-state index contributed by atoms with van der Waals surface area (Å²) in [6.45, 7) is 5.80. The van der Waals surface area contributed by atoms with Crippen LogP contribution in [0.3, 0.4) is 0 Å². The normalized spacial score (nSPS) is 20.2. The third-order valence-electron chi connectivity index (χ3n) is 7.31. The number of benzene rings is 2. The van der Waals surface area contributed by atoms with Gasteiger partial charge in [-0.25, -0.2) is 14.1 Å². The lowest BCUT2D eigenvalue weighted by molar-refractivity contribution is -0.140. The lowest BCUT2D eigenvalue weighted by Crippen LogP contribution is -2.51. The minimum absolute atomic E-state index is 0.0208. The van der Waals surface area contributed by atoms with Gasteiger partial charge in [-0.05, 0) is 49.4 Å². The van der Waals surface area contributed by atoms with Gasteiger partial charge in [0.1, 0.15) is 11.9 Å².